The number of hydrogen-bond acceptors (Lipinski definition) is 4. The third-order valence-corrected chi connectivity index (χ3v) is 5.29. The lowest BCUT2D eigenvalue weighted by Crippen LogP contribution is -2.28. The number of likely N-dealkylation sites (tertiary alicyclic amines) is 1. The third-order valence-electron chi connectivity index (χ3n) is 4.31. The molecule has 0 amide bonds. The van der Waals surface area contributed by atoms with Crippen molar-refractivity contribution in [1.29, 1.82) is 0 Å². The summed E-state index contributed by atoms with van der Waals surface area (Å²) in [7, 11) is 0. The maximum absolute atomic E-state index is 11.9. The summed E-state index contributed by atoms with van der Waals surface area (Å²) in [4.78, 5) is 15.8. The lowest BCUT2D eigenvalue weighted by molar-refractivity contribution is 0.196. The van der Waals surface area contributed by atoms with E-state index in [1.165, 1.54) is 23.9 Å². The predicted molar refractivity (Wildman–Crippen MR) is 89.0 cm³/mol. The lowest BCUT2D eigenvalue weighted by Gasteiger charge is -2.24. The molecule has 0 aliphatic carbocycles. The molecule has 1 atom stereocenters. The van der Waals surface area contributed by atoms with Crippen molar-refractivity contribution >= 4 is 22.2 Å². The van der Waals surface area contributed by atoms with E-state index in [1.54, 1.807) is 0 Å². The second kappa shape index (κ2) is 5.66. The molecule has 0 radical (unpaired) electrons. The van der Waals surface area contributed by atoms with E-state index in [0.717, 1.165) is 24.1 Å². The highest BCUT2D eigenvalue weighted by atomic mass is 32.1. The fourth-order valence-electron chi connectivity index (χ4n) is 3.24. The molecule has 4 rings (SSSR count). The van der Waals surface area contributed by atoms with Gasteiger partial charge in [0.25, 0.3) is 0 Å². The van der Waals surface area contributed by atoms with Gasteiger partial charge in [-0.15, -0.1) is 11.3 Å². The number of thiophene rings is 1. The van der Waals surface area contributed by atoms with Crippen molar-refractivity contribution in [2.24, 2.45) is 0 Å². The van der Waals surface area contributed by atoms with E-state index in [2.05, 4.69) is 27.5 Å². The zero-order valence-corrected chi connectivity index (χ0v) is 13.0. The van der Waals surface area contributed by atoms with Gasteiger partial charge in [0.15, 0.2) is 0 Å². The highest BCUT2D eigenvalue weighted by Crippen LogP contribution is 2.34. The Hall–Kier alpha value is -1.98. The Labute approximate surface area is 132 Å². The summed E-state index contributed by atoms with van der Waals surface area (Å²) in [5.41, 5.74) is 0.898. The summed E-state index contributed by atoms with van der Waals surface area (Å²) < 4.78 is 1.95. The van der Waals surface area contributed by atoms with E-state index in [-0.39, 0.29) is 5.43 Å². The summed E-state index contributed by atoms with van der Waals surface area (Å²) in [6, 6.07) is 12.5. The first-order valence-corrected chi connectivity index (χ1v) is 8.43. The normalized spacial score (nSPS) is 19.0. The summed E-state index contributed by atoms with van der Waals surface area (Å²) in [5.74, 6) is 0. The van der Waals surface area contributed by atoms with Gasteiger partial charge in [0, 0.05) is 22.8 Å². The van der Waals surface area contributed by atoms with Gasteiger partial charge in [-0.3, -0.25) is 14.4 Å². The van der Waals surface area contributed by atoms with Gasteiger partial charge in [0.1, 0.15) is 0 Å². The maximum atomic E-state index is 11.9. The molecule has 0 spiro atoms. The highest BCUT2D eigenvalue weighted by molar-refractivity contribution is 7.10. The fourth-order valence-corrected chi connectivity index (χ4v) is 4.14. The zero-order valence-electron chi connectivity index (χ0n) is 12.2. The monoisotopic (exact) mass is 311 g/mol. The summed E-state index contributed by atoms with van der Waals surface area (Å²) in [5, 5.41) is 7.23. The molecule has 0 unspecified atom stereocenters. The topological polar surface area (TPSA) is 38.1 Å². The smallest absolute Gasteiger partial charge is 0.207 e. The Morgan fingerprint density at radius 1 is 1.23 bits per heavy atom. The van der Waals surface area contributed by atoms with E-state index in [0.29, 0.717) is 6.04 Å². The molecule has 1 aromatic carbocycles. The van der Waals surface area contributed by atoms with Crippen molar-refractivity contribution in [3.8, 4) is 0 Å². The quantitative estimate of drug-likeness (QED) is 0.745. The van der Waals surface area contributed by atoms with Crippen LogP contribution in [0.5, 0.6) is 0 Å². The molecule has 1 aliphatic rings. The van der Waals surface area contributed by atoms with Crippen LogP contribution in [0, 0.1) is 0 Å². The molecular formula is C17H17N3OS. The van der Waals surface area contributed by atoms with Crippen molar-refractivity contribution < 1.29 is 0 Å². The van der Waals surface area contributed by atoms with Gasteiger partial charge in [-0.25, -0.2) is 0 Å². The van der Waals surface area contributed by atoms with E-state index in [1.807, 2.05) is 40.3 Å². The van der Waals surface area contributed by atoms with Gasteiger partial charge >= 0.3 is 0 Å². The maximum Gasteiger partial charge on any atom is 0.207 e. The molecule has 1 aliphatic heterocycles. The Kier molecular flexibility index (Phi) is 3.52. The van der Waals surface area contributed by atoms with Gasteiger partial charge in [0.05, 0.1) is 18.4 Å². The number of para-hydroxylation sites is 1. The van der Waals surface area contributed by atoms with Crippen molar-refractivity contribution in [2.45, 2.75) is 25.6 Å². The van der Waals surface area contributed by atoms with Crippen LogP contribution in [-0.2, 0) is 6.67 Å². The van der Waals surface area contributed by atoms with Crippen LogP contribution in [0.25, 0.3) is 10.9 Å². The second-order valence-corrected chi connectivity index (χ2v) is 6.63. The molecule has 112 valence electrons. The Morgan fingerprint density at radius 2 is 2.14 bits per heavy atom. The molecule has 0 bridgehead atoms. The van der Waals surface area contributed by atoms with Crippen LogP contribution in [0.4, 0.5) is 0 Å². The number of benzene rings is 1. The molecule has 0 saturated carbocycles. The first-order chi connectivity index (χ1) is 10.8. The summed E-state index contributed by atoms with van der Waals surface area (Å²) >= 11 is 1.82. The van der Waals surface area contributed by atoms with Crippen molar-refractivity contribution in [2.75, 3.05) is 6.54 Å². The number of nitrogens with zero attached hydrogens (tertiary/aromatic N) is 3. The molecule has 1 fully saturated rings. The van der Waals surface area contributed by atoms with Crippen LogP contribution in [-0.4, -0.2) is 21.2 Å². The minimum absolute atomic E-state index is 0.0110. The molecule has 1 saturated heterocycles. The number of fused-ring (bicyclic) bond motifs is 1. The zero-order chi connectivity index (χ0) is 14.9. The van der Waals surface area contributed by atoms with Crippen LogP contribution >= 0.6 is 11.3 Å². The minimum atomic E-state index is -0.0110. The molecule has 3 aromatic rings. The van der Waals surface area contributed by atoms with Gasteiger partial charge < -0.3 is 0 Å². The Balaban J connectivity index is 1.69. The number of hydrogen-bond donors (Lipinski definition) is 0. The SMILES string of the molecule is O=c1cnn(CN2CCC[C@@H]2c2cccs2)c2ccccc12. The van der Waals surface area contributed by atoms with E-state index < -0.39 is 0 Å². The van der Waals surface area contributed by atoms with Crippen LogP contribution in [0.15, 0.2) is 52.8 Å². The Morgan fingerprint density at radius 3 is 3.00 bits per heavy atom. The van der Waals surface area contributed by atoms with Crippen LogP contribution in [0.3, 0.4) is 0 Å². The van der Waals surface area contributed by atoms with Crippen LogP contribution in [0.2, 0.25) is 0 Å². The molecular weight excluding hydrogens is 294 g/mol. The van der Waals surface area contributed by atoms with Crippen LogP contribution in [0.1, 0.15) is 23.8 Å². The summed E-state index contributed by atoms with van der Waals surface area (Å²) in [6.07, 6.45) is 3.83. The van der Waals surface area contributed by atoms with Crippen molar-refractivity contribution in [1.82, 2.24) is 14.7 Å². The molecule has 5 heteroatoms. The van der Waals surface area contributed by atoms with E-state index in [4.69, 9.17) is 0 Å². The second-order valence-electron chi connectivity index (χ2n) is 5.65. The summed E-state index contributed by atoms with van der Waals surface area (Å²) in [6.45, 7) is 1.80. The molecule has 3 heterocycles. The molecule has 0 N–H and O–H groups in total. The van der Waals surface area contributed by atoms with Gasteiger partial charge in [-0.05, 0) is 36.4 Å². The average molecular weight is 311 g/mol. The first kappa shape index (κ1) is 13.7. The largest absolute Gasteiger partial charge is 0.287 e. The van der Waals surface area contributed by atoms with Gasteiger partial charge in [-0.1, -0.05) is 18.2 Å². The minimum Gasteiger partial charge on any atom is -0.287 e. The fraction of sp³-hybridized carbons (Fsp3) is 0.294. The first-order valence-electron chi connectivity index (χ1n) is 7.55. The van der Waals surface area contributed by atoms with Gasteiger partial charge in [0.2, 0.25) is 5.43 Å². The van der Waals surface area contributed by atoms with Crippen LogP contribution < -0.4 is 5.43 Å². The lowest BCUT2D eigenvalue weighted by atomic mass is 10.2. The highest BCUT2D eigenvalue weighted by Gasteiger charge is 2.27. The van der Waals surface area contributed by atoms with E-state index >= 15 is 0 Å². The van der Waals surface area contributed by atoms with E-state index in [9.17, 15) is 4.79 Å². The number of aromatic nitrogens is 2. The molecule has 2 aromatic heterocycles. The molecule has 4 nitrogen and oxygen atoms in total. The Bertz CT molecular complexity index is 840. The standard InChI is InChI=1S/C17H17N3OS/c21-16-11-18-20(14-6-2-1-5-13(14)16)12-19-9-3-7-15(19)17-8-4-10-22-17/h1-2,4-6,8,10-11,15H,3,7,9,12H2/t15-/m1/s1. The number of rotatable bonds is 3. The van der Waals surface area contributed by atoms with Crippen molar-refractivity contribution in [3.63, 3.8) is 0 Å². The third kappa shape index (κ3) is 2.36. The van der Waals surface area contributed by atoms with Crippen molar-refractivity contribution in [3.05, 3.63) is 63.1 Å². The predicted octanol–water partition coefficient (Wildman–Crippen LogP) is 3.25. The average Bonchev–Trinajstić information content (AvgIpc) is 3.21. The van der Waals surface area contributed by atoms with Gasteiger partial charge in [-0.2, -0.15) is 5.10 Å². The molecule has 22 heavy (non-hydrogen) atoms.